The Labute approximate surface area is 232 Å². The molecule has 5 aliphatic rings. The van der Waals surface area contributed by atoms with E-state index in [0.717, 1.165) is 18.4 Å². The summed E-state index contributed by atoms with van der Waals surface area (Å²) in [7, 11) is 0. The average Bonchev–Trinajstić information content (AvgIpc) is 2.84. The number of hydrogen-bond donors (Lipinski definition) is 2. The first-order valence-electron chi connectivity index (χ1n) is 14.8. The quantitative estimate of drug-likeness (QED) is 0.482. The van der Waals surface area contributed by atoms with E-state index < -0.39 is 45.6 Å². The third-order valence-electron chi connectivity index (χ3n) is 13.3. The molecule has 0 aromatic carbocycles. The summed E-state index contributed by atoms with van der Waals surface area (Å²) >= 11 is 0. The predicted molar refractivity (Wildman–Crippen MR) is 144 cm³/mol. The summed E-state index contributed by atoms with van der Waals surface area (Å²) in [6.07, 6.45) is 4.89. The van der Waals surface area contributed by atoms with Crippen molar-refractivity contribution < 1.29 is 34.1 Å². The van der Waals surface area contributed by atoms with Crippen LogP contribution in [-0.2, 0) is 23.9 Å². The second-order valence-electron chi connectivity index (χ2n) is 14.9. The standard InChI is InChI=1S/C32H46O7/c1-17-8-11-32(27(37)38)13-12-30(6)20(24(32)18(17)2)14-21(34)25-28(4)15-22(35)26(36)29(5,16-39-19(3)33)23(28)9-10-31(25,30)7/h14,17-18,23-26,36H,8-13,15-16H2,1-7H3,(H,37,38)/t17-,18+,23-,24+,25-,26+,28+,29+,30-,31-,32+/m1/s1. The van der Waals surface area contributed by atoms with Gasteiger partial charge in [0.2, 0.25) is 0 Å². The molecule has 11 atom stereocenters. The van der Waals surface area contributed by atoms with Crippen LogP contribution in [0.2, 0.25) is 0 Å². The number of carbonyl (C=O) groups is 4. The van der Waals surface area contributed by atoms with Crippen LogP contribution in [-0.4, -0.2) is 46.4 Å². The number of carbonyl (C=O) groups excluding carboxylic acids is 3. The summed E-state index contributed by atoms with van der Waals surface area (Å²) in [5.41, 5.74) is -2.36. The molecule has 0 saturated heterocycles. The molecule has 0 aromatic rings. The van der Waals surface area contributed by atoms with Crippen molar-refractivity contribution in [2.75, 3.05) is 6.61 Å². The van der Waals surface area contributed by atoms with Crippen molar-refractivity contribution in [3.8, 4) is 0 Å². The topological polar surface area (TPSA) is 118 Å². The summed E-state index contributed by atoms with van der Waals surface area (Å²) in [4.78, 5) is 52.4. The number of hydrogen-bond acceptors (Lipinski definition) is 6. The van der Waals surface area contributed by atoms with Crippen molar-refractivity contribution in [1.29, 1.82) is 0 Å². The maximum atomic E-state index is 14.4. The first kappa shape index (κ1) is 28.5. The van der Waals surface area contributed by atoms with E-state index in [-0.39, 0.29) is 47.8 Å². The van der Waals surface area contributed by atoms with Crippen molar-refractivity contribution in [3.63, 3.8) is 0 Å². The van der Waals surface area contributed by atoms with E-state index in [4.69, 9.17) is 4.74 Å². The lowest BCUT2D eigenvalue weighted by Crippen LogP contribution is -2.69. The third kappa shape index (κ3) is 3.50. The number of esters is 1. The summed E-state index contributed by atoms with van der Waals surface area (Å²) in [5, 5.41) is 21.7. The highest BCUT2D eigenvalue weighted by molar-refractivity contribution is 5.97. The Morgan fingerprint density at radius 3 is 2.31 bits per heavy atom. The molecule has 4 fully saturated rings. The van der Waals surface area contributed by atoms with E-state index in [2.05, 4.69) is 27.7 Å². The molecule has 0 spiro atoms. The van der Waals surface area contributed by atoms with E-state index in [1.165, 1.54) is 6.92 Å². The van der Waals surface area contributed by atoms with Gasteiger partial charge in [0.25, 0.3) is 0 Å². The van der Waals surface area contributed by atoms with Crippen LogP contribution in [0.25, 0.3) is 0 Å². The van der Waals surface area contributed by atoms with Gasteiger partial charge in [0.1, 0.15) is 6.10 Å². The molecule has 0 unspecified atom stereocenters. The zero-order valence-corrected chi connectivity index (χ0v) is 24.6. The van der Waals surface area contributed by atoms with E-state index in [1.54, 1.807) is 6.08 Å². The largest absolute Gasteiger partial charge is 0.481 e. The van der Waals surface area contributed by atoms with E-state index in [1.807, 2.05) is 13.8 Å². The van der Waals surface area contributed by atoms with E-state index in [0.29, 0.717) is 31.6 Å². The fraction of sp³-hybridized carbons (Fsp3) is 0.812. The fourth-order valence-corrected chi connectivity index (χ4v) is 10.9. The first-order chi connectivity index (χ1) is 18.0. The number of carboxylic acid groups (broad SMARTS) is 1. The Morgan fingerprint density at radius 2 is 1.69 bits per heavy atom. The second kappa shape index (κ2) is 8.74. The molecule has 216 valence electrons. The number of Topliss-reactive ketones (excluding diaryl/α,β-unsaturated/α-hetero) is 1. The highest BCUT2D eigenvalue weighted by atomic mass is 16.5. The van der Waals surface area contributed by atoms with Crippen LogP contribution < -0.4 is 0 Å². The van der Waals surface area contributed by atoms with Crippen LogP contribution in [0.3, 0.4) is 0 Å². The minimum Gasteiger partial charge on any atom is -0.481 e. The van der Waals surface area contributed by atoms with Crippen molar-refractivity contribution >= 4 is 23.5 Å². The summed E-state index contributed by atoms with van der Waals surface area (Å²) in [5.74, 6) is -1.80. The molecule has 7 heteroatoms. The first-order valence-corrected chi connectivity index (χ1v) is 14.8. The van der Waals surface area contributed by atoms with Crippen LogP contribution in [0.5, 0.6) is 0 Å². The SMILES string of the molecule is CC(=O)OC[C@@]1(C)[C@@H]2CC[C@]3(C)[C@H](C(=O)C=C4[C@@H]5[C@@H](C)[C@H](C)CC[C@]5(C(=O)O)CC[C@]43C)[C@@]2(C)CC(=O)[C@@H]1O. The van der Waals surface area contributed by atoms with Gasteiger partial charge < -0.3 is 14.9 Å². The normalized spacial score (nSPS) is 51.0. The van der Waals surface area contributed by atoms with Gasteiger partial charge in [0.05, 0.1) is 12.0 Å². The molecule has 0 heterocycles. The Balaban J connectivity index is 1.65. The maximum Gasteiger partial charge on any atom is 0.310 e. The Hall–Kier alpha value is -2.02. The van der Waals surface area contributed by atoms with Gasteiger partial charge in [-0.15, -0.1) is 0 Å². The zero-order valence-electron chi connectivity index (χ0n) is 24.6. The molecule has 5 rings (SSSR count). The molecule has 7 nitrogen and oxygen atoms in total. The summed E-state index contributed by atoms with van der Waals surface area (Å²) in [6.45, 7) is 13.9. The number of fused-ring (bicyclic) bond motifs is 7. The van der Waals surface area contributed by atoms with Crippen molar-refractivity contribution in [1.82, 2.24) is 0 Å². The number of allylic oxidation sites excluding steroid dienone is 2. The molecule has 0 aliphatic heterocycles. The van der Waals surface area contributed by atoms with Gasteiger partial charge in [-0.3, -0.25) is 19.2 Å². The lowest BCUT2D eigenvalue weighted by Gasteiger charge is -2.70. The number of aliphatic hydroxyl groups excluding tert-OH is 1. The van der Waals surface area contributed by atoms with Gasteiger partial charge >= 0.3 is 11.9 Å². The minimum absolute atomic E-state index is 0.0113. The van der Waals surface area contributed by atoms with E-state index >= 15 is 0 Å². The van der Waals surface area contributed by atoms with Crippen molar-refractivity contribution in [2.45, 2.75) is 99.5 Å². The number of rotatable bonds is 3. The molecular weight excluding hydrogens is 496 g/mol. The zero-order chi connectivity index (χ0) is 28.9. The van der Waals surface area contributed by atoms with Crippen LogP contribution in [0.4, 0.5) is 0 Å². The molecule has 39 heavy (non-hydrogen) atoms. The van der Waals surface area contributed by atoms with Crippen molar-refractivity contribution in [3.05, 3.63) is 11.6 Å². The van der Waals surface area contributed by atoms with Gasteiger partial charge in [-0.05, 0) is 84.5 Å². The van der Waals surface area contributed by atoms with Crippen molar-refractivity contribution in [2.24, 2.45) is 56.7 Å². The Kier molecular flexibility index (Phi) is 6.39. The van der Waals surface area contributed by atoms with Gasteiger partial charge in [0.15, 0.2) is 11.6 Å². The Bertz CT molecular complexity index is 1160. The van der Waals surface area contributed by atoms with Crippen LogP contribution in [0.15, 0.2) is 11.6 Å². The molecule has 0 radical (unpaired) electrons. The number of carboxylic acids is 1. The molecule has 5 aliphatic carbocycles. The van der Waals surface area contributed by atoms with Gasteiger partial charge in [-0.1, -0.05) is 47.1 Å². The predicted octanol–water partition coefficient (Wildman–Crippen LogP) is 4.99. The number of ketones is 2. The smallest absolute Gasteiger partial charge is 0.310 e. The van der Waals surface area contributed by atoms with Gasteiger partial charge in [-0.2, -0.15) is 0 Å². The second-order valence-corrected chi connectivity index (χ2v) is 14.9. The Morgan fingerprint density at radius 1 is 1.03 bits per heavy atom. The third-order valence-corrected chi connectivity index (χ3v) is 13.3. The van der Waals surface area contributed by atoms with Crippen LogP contribution in [0, 0.1) is 56.7 Å². The maximum absolute atomic E-state index is 14.4. The van der Waals surface area contributed by atoms with Gasteiger partial charge in [0, 0.05) is 24.7 Å². The number of ether oxygens (including phenoxy) is 1. The van der Waals surface area contributed by atoms with Gasteiger partial charge in [-0.25, -0.2) is 0 Å². The number of aliphatic hydroxyl groups is 1. The molecule has 0 bridgehead atoms. The van der Waals surface area contributed by atoms with E-state index in [9.17, 15) is 29.4 Å². The number of aliphatic carboxylic acids is 1. The highest BCUT2D eigenvalue weighted by Crippen LogP contribution is 2.75. The molecule has 4 saturated carbocycles. The lowest BCUT2D eigenvalue weighted by atomic mass is 9.33. The molecule has 0 aromatic heterocycles. The molecule has 2 N–H and O–H groups in total. The average molecular weight is 543 g/mol. The molecular formula is C32H46O7. The summed E-state index contributed by atoms with van der Waals surface area (Å²) < 4.78 is 5.40. The monoisotopic (exact) mass is 542 g/mol. The minimum atomic E-state index is -1.25. The molecule has 0 amide bonds. The van der Waals surface area contributed by atoms with Crippen LogP contribution >= 0.6 is 0 Å². The van der Waals surface area contributed by atoms with Crippen LogP contribution in [0.1, 0.15) is 93.4 Å². The highest BCUT2D eigenvalue weighted by Gasteiger charge is 2.72. The summed E-state index contributed by atoms with van der Waals surface area (Å²) in [6, 6.07) is 0. The fourth-order valence-electron chi connectivity index (χ4n) is 10.9. The lowest BCUT2D eigenvalue weighted by molar-refractivity contribution is -0.214.